The third kappa shape index (κ3) is 4.98. The summed E-state index contributed by atoms with van der Waals surface area (Å²) >= 11 is 6.16. The van der Waals surface area contributed by atoms with E-state index < -0.39 is 0 Å². The molecule has 0 atom stereocenters. The molecule has 0 spiro atoms. The average Bonchev–Trinajstić information content (AvgIpc) is 2.27. The fourth-order valence-corrected chi connectivity index (χ4v) is 1.77. The van der Waals surface area contributed by atoms with Gasteiger partial charge in [-0.3, -0.25) is 0 Å². The van der Waals surface area contributed by atoms with Crippen LogP contribution in [-0.2, 0) is 5.41 Å². The summed E-state index contributed by atoms with van der Waals surface area (Å²) in [5.41, 5.74) is 0.687. The molecule has 0 amide bonds. The minimum atomic E-state index is -0.132. The van der Waals surface area contributed by atoms with Gasteiger partial charge in [-0.1, -0.05) is 46.2 Å². The molecule has 1 heterocycles. The van der Waals surface area contributed by atoms with Crippen LogP contribution in [0.1, 0.15) is 58.8 Å². The van der Waals surface area contributed by atoms with E-state index in [1.807, 2.05) is 6.92 Å². The summed E-state index contributed by atoms with van der Waals surface area (Å²) in [6, 6.07) is 0. The van der Waals surface area contributed by atoms with Gasteiger partial charge < -0.3 is 4.74 Å². The molecule has 4 heteroatoms. The fraction of sp³-hybridized carbons (Fsp3) is 0.733. The van der Waals surface area contributed by atoms with Gasteiger partial charge in [0.15, 0.2) is 0 Å². The predicted molar refractivity (Wildman–Crippen MR) is 80.0 cm³/mol. The standard InChI is InChI=1S/C15H25ClN2O/c1-10(2)8-7-9-19-13-11(3)12(16)17-14(18-13)15(4,5)6/h10H,7-9H2,1-6H3. The van der Waals surface area contributed by atoms with Crippen LogP contribution in [0.15, 0.2) is 0 Å². The summed E-state index contributed by atoms with van der Waals surface area (Å²) in [6.07, 6.45) is 2.19. The molecule has 0 aliphatic rings. The van der Waals surface area contributed by atoms with E-state index in [0.717, 1.165) is 24.2 Å². The maximum atomic E-state index is 6.16. The van der Waals surface area contributed by atoms with E-state index in [2.05, 4.69) is 44.6 Å². The second-order valence-electron chi connectivity index (χ2n) is 6.40. The Morgan fingerprint density at radius 3 is 2.37 bits per heavy atom. The average molecular weight is 285 g/mol. The van der Waals surface area contributed by atoms with Crippen molar-refractivity contribution in [1.29, 1.82) is 0 Å². The zero-order valence-electron chi connectivity index (χ0n) is 12.9. The molecule has 19 heavy (non-hydrogen) atoms. The molecule has 0 aromatic carbocycles. The number of hydrogen-bond acceptors (Lipinski definition) is 3. The zero-order valence-corrected chi connectivity index (χ0v) is 13.6. The number of nitrogens with zero attached hydrogens (tertiary/aromatic N) is 2. The Labute approximate surface area is 121 Å². The Kier molecular flexibility index (Phi) is 5.60. The molecule has 0 unspecified atom stereocenters. The van der Waals surface area contributed by atoms with E-state index >= 15 is 0 Å². The lowest BCUT2D eigenvalue weighted by Gasteiger charge is -2.19. The van der Waals surface area contributed by atoms with Crippen molar-refractivity contribution in [3.05, 3.63) is 16.5 Å². The highest BCUT2D eigenvalue weighted by Gasteiger charge is 2.21. The molecule has 0 fully saturated rings. The Hall–Kier alpha value is -0.830. The molecule has 3 nitrogen and oxygen atoms in total. The van der Waals surface area contributed by atoms with Crippen molar-refractivity contribution in [3.8, 4) is 5.88 Å². The molecule has 0 saturated carbocycles. The van der Waals surface area contributed by atoms with E-state index in [1.165, 1.54) is 0 Å². The van der Waals surface area contributed by atoms with Gasteiger partial charge >= 0.3 is 0 Å². The van der Waals surface area contributed by atoms with Crippen LogP contribution < -0.4 is 4.74 Å². The first kappa shape index (κ1) is 16.2. The van der Waals surface area contributed by atoms with Crippen LogP contribution in [0.4, 0.5) is 0 Å². The normalized spacial score (nSPS) is 12.0. The molecule has 1 rings (SSSR count). The highest BCUT2D eigenvalue weighted by atomic mass is 35.5. The van der Waals surface area contributed by atoms with Crippen LogP contribution in [-0.4, -0.2) is 16.6 Å². The second-order valence-corrected chi connectivity index (χ2v) is 6.76. The van der Waals surface area contributed by atoms with Crippen molar-refractivity contribution in [2.75, 3.05) is 6.61 Å². The van der Waals surface area contributed by atoms with Gasteiger partial charge in [0.1, 0.15) is 11.0 Å². The third-order valence-electron chi connectivity index (χ3n) is 2.88. The molecule has 0 aliphatic carbocycles. The number of rotatable bonds is 5. The topological polar surface area (TPSA) is 35.0 Å². The van der Waals surface area contributed by atoms with Gasteiger partial charge in [-0.05, 0) is 25.7 Å². The Balaban J connectivity index is 2.79. The summed E-state index contributed by atoms with van der Waals surface area (Å²) in [5, 5.41) is 0.485. The first-order chi connectivity index (χ1) is 8.71. The van der Waals surface area contributed by atoms with Crippen molar-refractivity contribution < 1.29 is 4.74 Å². The zero-order chi connectivity index (χ0) is 14.6. The van der Waals surface area contributed by atoms with Gasteiger partial charge in [0.05, 0.1) is 6.61 Å². The number of aromatic nitrogens is 2. The largest absolute Gasteiger partial charge is 0.477 e. The summed E-state index contributed by atoms with van der Waals surface area (Å²) < 4.78 is 5.77. The second kappa shape index (κ2) is 6.56. The van der Waals surface area contributed by atoms with Gasteiger partial charge in [-0.25, -0.2) is 4.98 Å². The first-order valence-corrected chi connectivity index (χ1v) is 7.27. The molecular weight excluding hydrogens is 260 g/mol. The van der Waals surface area contributed by atoms with Gasteiger partial charge in [0.2, 0.25) is 5.88 Å². The minimum Gasteiger partial charge on any atom is -0.477 e. The number of halogens is 1. The van der Waals surface area contributed by atoms with Gasteiger partial charge in [0, 0.05) is 11.0 Å². The molecule has 108 valence electrons. The third-order valence-corrected chi connectivity index (χ3v) is 3.25. The van der Waals surface area contributed by atoms with E-state index in [9.17, 15) is 0 Å². The van der Waals surface area contributed by atoms with E-state index in [0.29, 0.717) is 23.6 Å². The molecule has 0 bridgehead atoms. The highest BCUT2D eigenvalue weighted by Crippen LogP contribution is 2.27. The van der Waals surface area contributed by atoms with E-state index in [4.69, 9.17) is 16.3 Å². The van der Waals surface area contributed by atoms with Gasteiger partial charge in [-0.2, -0.15) is 4.98 Å². The molecular formula is C15H25ClN2O. The lowest BCUT2D eigenvalue weighted by atomic mass is 9.96. The maximum Gasteiger partial charge on any atom is 0.221 e. The van der Waals surface area contributed by atoms with Crippen LogP contribution >= 0.6 is 11.6 Å². The quantitative estimate of drug-likeness (QED) is 0.588. The Bertz CT molecular complexity index is 425. The van der Waals surface area contributed by atoms with Gasteiger partial charge in [-0.15, -0.1) is 0 Å². The minimum absolute atomic E-state index is 0.132. The molecule has 0 N–H and O–H groups in total. The molecule has 0 saturated heterocycles. The van der Waals surface area contributed by atoms with Crippen LogP contribution in [0, 0.1) is 12.8 Å². The number of ether oxygens (including phenoxy) is 1. The SMILES string of the molecule is Cc1c(Cl)nc(C(C)(C)C)nc1OCCCC(C)C. The molecule has 1 aromatic heterocycles. The number of hydrogen-bond donors (Lipinski definition) is 0. The summed E-state index contributed by atoms with van der Waals surface area (Å²) in [5.74, 6) is 2.04. The monoisotopic (exact) mass is 284 g/mol. The van der Waals surface area contributed by atoms with Crippen molar-refractivity contribution in [1.82, 2.24) is 9.97 Å². The molecule has 0 radical (unpaired) electrons. The summed E-state index contributed by atoms with van der Waals surface area (Å²) in [6.45, 7) is 13.2. The lowest BCUT2D eigenvalue weighted by Crippen LogP contribution is -2.17. The molecule has 1 aromatic rings. The van der Waals surface area contributed by atoms with Crippen molar-refractivity contribution >= 4 is 11.6 Å². The van der Waals surface area contributed by atoms with Crippen LogP contribution in [0.25, 0.3) is 0 Å². The van der Waals surface area contributed by atoms with E-state index in [-0.39, 0.29) is 5.41 Å². The summed E-state index contributed by atoms with van der Waals surface area (Å²) in [4.78, 5) is 8.84. The highest BCUT2D eigenvalue weighted by molar-refractivity contribution is 6.30. The Morgan fingerprint density at radius 1 is 1.21 bits per heavy atom. The maximum absolute atomic E-state index is 6.16. The van der Waals surface area contributed by atoms with Crippen LogP contribution in [0.3, 0.4) is 0 Å². The van der Waals surface area contributed by atoms with Crippen molar-refractivity contribution in [2.45, 2.75) is 59.8 Å². The van der Waals surface area contributed by atoms with E-state index in [1.54, 1.807) is 0 Å². The first-order valence-electron chi connectivity index (χ1n) is 6.89. The lowest BCUT2D eigenvalue weighted by molar-refractivity contribution is 0.282. The van der Waals surface area contributed by atoms with Crippen molar-refractivity contribution in [2.24, 2.45) is 5.92 Å². The predicted octanol–water partition coefficient (Wildman–Crippen LogP) is 4.55. The smallest absolute Gasteiger partial charge is 0.221 e. The Morgan fingerprint density at radius 2 is 1.84 bits per heavy atom. The summed E-state index contributed by atoms with van der Waals surface area (Å²) in [7, 11) is 0. The van der Waals surface area contributed by atoms with Crippen molar-refractivity contribution in [3.63, 3.8) is 0 Å². The van der Waals surface area contributed by atoms with Crippen LogP contribution in [0.5, 0.6) is 5.88 Å². The van der Waals surface area contributed by atoms with Crippen LogP contribution in [0.2, 0.25) is 5.15 Å². The fourth-order valence-electron chi connectivity index (χ4n) is 1.61. The van der Waals surface area contributed by atoms with Gasteiger partial charge in [0.25, 0.3) is 0 Å². The molecule has 0 aliphatic heterocycles.